The number of tetrazole rings is 1. The number of benzene rings is 1. The second-order valence-corrected chi connectivity index (χ2v) is 7.85. The first kappa shape index (κ1) is 19.5. The summed E-state index contributed by atoms with van der Waals surface area (Å²) < 4.78 is 1.52. The number of carbonyl (C=O) groups is 1. The van der Waals surface area contributed by atoms with Crippen molar-refractivity contribution in [3.05, 3.63) is 46.2 Å². The number of hydrogen-bond acceptors (Lipinski definition) is 8. The van der Waals surface area contributed by atoms with Crippen LogP contribution in [0.5, 0.6) is 0 Å². The molecule has 0 bridgehead atoms. The van der Waals surface area contributed by atoms with Gasteiger partial charge in [-0.05, 0) is 55.2 Å². The monoisotopic (exact) mass is 431 g/mol. The molecule has 1 aliphatic carbocycles. The van der Waals surface area contributed by atoms with Gasteiger partial charge in [0.1, 0.15) is 6.10 Å². The lowest BCUT2D eigenvalue weighted by Gasteiger charge is -2.12. The highest BCUT2D eigenvalue weighted by Crippen LogP contribution is 2.24. The molecule has 0 unspecified atom stereocenters. The van der Waals surface area contributed by atoms with Crippen molar-refractivity contribution in [1.82, 2.24) is 25.2 Å². The molecule has 3 aromatic rings. The highest BCUT2D eigenvalue weighted by Gasteiger charge is 2.21. The Kier molecular flexibility index (Phi) is 5.81. The molecule has 1 aliphatic rings. The third-order valence-electron chi connectivity index (χ3n) is 4.54. The first-order valence-electron chi connectivity index (χ1n) is 9.12. The minimum Gasteiger partial charge on any atom is -0.392 e. The molecule has 1 aromatic carbocycles. The van der Waals surface area contributed by atoms with Crippen LogP contribution in [-0.4, -0.2) is 42.9 Å². The summed E-state index contributed by atoms with van der Waals surface area (Å²) in [4.78, 5) is 22.6. The Morgan fingerprint density at radius 3 is 2.86 bits per heavy atom. The lowest BCUT2D eigenvalue weighted by atomic mass is 10.1. The summed E-state index contributed by atoms with van der Waals surface area (Å²) >= 11 is 7.78. The van der Waals surface area contributed by atoms with Crippen molar-refractivity contribution < 1.29 is 9.63 Å². The zero-order valence-electron chi connectivity index (χ0n) is 15.6. The molecule has 0 saturated heterocycles. The van der Waals surface area contributed by atoms with E-state index in [9.17, 15) is 4.79 Å². The van der Waals surface area contributed by atoms with Gasteiger partial charge in [0, 0.05) is 17.1 Å². The summed E-state index contributed by atoms with van der Waals surface area (Å²) in [7, 11) is 0. The first-order chi connectivity index (χ1) is 14.1. The fourth-order valence-electron chi connectivity index (χ4n) is 3.07. The van der Waals surface area contributed by atoms with Crippen molar-refractivity contribution in [2.24, 2.45) is 5.16 Å². The number of oxime groups is 1. The average Bonchev–Trinajstić information content (AvgIpc) is 3.46. The smallest absolute Gasteiger partial charge is 0.280 e. The molecule has 9 nitrogen and oxygen atoms in total. The van der Waals surface area contributed by atoms with E-state index >= 15 is 0 Å². The van der Waals surface area contributed by atoms with Crippen molar-refractivity contribution in [3.8, 4) is 5.69 Å². The number of aryl methyl sites for hydroxylation is 1. The molecule has 4 rings (SSSR count). The molecule has 1 fully saturated rings. The van der Waals surface area contributed by atoms with E-state index in [1.165, 1.54) is 16.0 Å². The lowest BCUT2D eigenvalue weighted by Crippen LogP contribution is -2.25. The minimum absolute atomic E-state index is 0.0243. The topological polar surface area (TPSA) is 107 Å². The SMILES string of the molecule is Cc1nnnn1-c1ccc(/C(=N\OC2CCCC2)C(=O)Nc2nccs2)cc1Cl. The largest absolute Gasteiger partial charge is 0.392 e. The molecular weight excluding hydrogens is 414 g/mol. The third-order valence-corrected chi connectivity index (χ3v) is 5.53. The van der Waals surface area contributed by atoms with Gasteiger partial charge in [-0.2, -0.15) is 4.68 Å². The lowest BCUT2D eigenvalue weighted by molar-refractivity contribution is -0.110. The summed E-state index contributed by atoms with van der Waals surface area (Å²) in [5, 5.41) is 21.0. The van der Waals surface area contributed by atoms with Gasteiger partial charge in [0.05, 0.1) is 10.7 Å². The number of anilines is 1. The van der Waals surface area contributed by atoms with Crippen molar-refractivity contribution in [2.45, 2.75) is 38.7 Å². The zero-order chi connectivity index (χ0) is 20.2. The van der Waals surface area contributed by atoms with E-state index in [1.54, 1.807) is 36.7 Å². The molecule has 0 atom stereocenters. The van der Waals surface area contributed by atoms with Gasteiger partial charge in [-0.1, -0.05) is 22.8 Å². The highest BCUT2D eigenvalue weighted by molar-refractivity contribution is 7.13. The van der Waals surface area contributed by atoms with Crippen LogP contribution >= 0.6 is 22.9 Å². The number of rotatable bonds is 6. The molecule has 1 saturated carbocycles. The summed E-state index contributed by atoms with van der Waals surface area (Å²) in [6, 6.07) is 5.12. The number of aromatic nitrogens is 5. The molecule has 0 radical (unpaired) electrons. The van der Waals surface area contributed by atoms with E-state index in [1.807, 2.05) is 0 Å². The highest BCUT2D eigenvalue weighted by atomic mass is 35.5. The van der Waals surface area contributed by atoms with Crippen LogP contribution in [0.25, 0.3) is 5.69 Å². The quantitative estimate of drug-likeness (QED) is 0.473. The normalized spacial score (nSPS) is 14.9. The number of amides is 1. The van der Waals surface area contributed by atoms with Crippen molar-refractivity contribution in [2.75, 3.05) is 5.32 Å². The molecule has 150 valence electrons. The van der Waals surface area contributed by atoms with Gasteiger partial charge in [-0.15, -0.1) is 16.4 Å². The Morgan fingerprint density at radius 1 is 1.38 bits per heavy atom. The molecule has 1 amide bonds. The van der Waals surface area contributed by atoms with Crippen LogP contribution < -0.4 is 5.32 Å². The van der Waals surface area contributed by atoms with E-state index < -0.39 is 5.91 Å². The standard InChI is InChI=1S/C18H18ClN7O2S/c1-11-22-24-25-26(11)15-7-6-12(10-14(15)19)16(23-28-13-4-2-3-5-13)17(27)21-18-20-8-9-29-18/h6-10,13H,2-5H2,1H3,(H,20,21,27)/b23-16+. The predicted molar refractivity (Wildman–Crippen MR) is 110 cm³/mol. The third kappa shape index (κ3) is 4.43. The van der Waals surface area contributed by atoms with Gasteiger partial charge in [-0.3, -0.25) is 10.1 Å². The predicted octanol–water partition coefficient (Wildman–Crippen LogP) is 3.38. The molecule has 2 heterocycles. The van der Waals surface area contributed by atoms with Crippen LogP contribution in [0.15, 0.2) is 34.9 Å². The maximum absolute atomic E-state index is 12.9. The Labute approximate surface area is 175 Å². The second-order valence-electron chi connectivity index (χ2n) is 6.55. The van der Waals surface area contributed by atoms with Crippen molar-refractivity contribution >= 4 is 39.7 Å². The number of carbonyl (C=O) groups excluding carboxylic acids is 1. The van der Waals surface area contributed by atoms with Gasteiger partial charge in [-0.25, -0.2) is 4.98 Å². The Hall–Kier alpha value is -2.85. The Bertz CT molecular complexity index is 1030. The zero-order valence-corrected chi connectivity index (χ0v) is 17.2. The summed E-state index contributed by atoms with van der Waals surface area (Å²) in [5.74, 6) is 0.181. The maximum atomic E-state index is 12.9. The first-order valence-corrected chi connectivity index (χ1v) is 10.4. The summed E-state index contributed by atoms with van der Waals surface area (Å²) in [6.45, 7) is 1.77. The number of thiazole rings is 1. The number of halogens is 1. The van der Waals surface area contributed by atoms with E-state index in [0.29, 0.717) is 27.2 Å². The minimum atomic E-state index is -0.416. The van der Waals surface area contributed by atoms with Crippen LogP contribution in [0.2, 0.25) is 5.02 Å². The maximum Gasteiger partial charge on any atom is 0.280 e. The molecule has 2 aromatic heterocycles. The molecule has 0 aliphatic heterocycles. The second kappa shape index (κ2) is 8.66. The molecule has 11 heteroatoms. The number of nitrogens with one attached hydrogen (secondary N) is 1. The van der Waals surface area contributed by atoms with E-state index in [-0.39, 0.29) is 11.8 Å². The fraction of sp³-hybridized carbons (Fsp3) is 0.333. The Balaban J connectivity index is 1.64. The number of hydrogen-bond donors (Lipinski definition) is 1. The molecule has 0 spiro atoms. The summed E-state index contributed by atoms with van der Waals surface area (Å²) in [6.07, 6.45) is 5.72. The van der Waals surface area contributed by atoms with Crippen LogP contribution in [0.1, 0.15) is 37.1 Å². The van der Waals surface area contributed by atoms with Gasteiger partial charge < -0.3 is 4.84 Å². The van der Waals surface area contributed by atoms with Gasteiger partial charge in [0.15, 0.2) is 16.7 Å². The van der Waals surface area contributed by atoms with E-state index in [4.69, 9.17) is 16.4 Å². The van der Waals surface area contributed by atoms with E-state index in [2.05, 4.69) is 31.0 Å². The van der Waals surface area contributed by atoms with Crippen molar-refractivity contribution in [1.29, 1.82) is 0 Å². The van der Waals surface area contributed by atoms with Crippen LogP contribution in [0.4, 0.5) is 5.13 Å². The molecular formula is C18H18ClN7O2S. The van der Waals surface area contributed by atoms with E-state index in [0.717, 1.165) is 25.7 Å². The molecule has 1 N–H and O–H groups in total. The van der Waals surface area contributed by atoms with Crippen molar-refractivity contribution in [3.63, 3.8) is 0 Å². The van der Waals surface area contributed by atoms with Gasteiger partial charge >= 0.3 is 0 Å². The van der Waals surface area contributed by atoms with Gasteiger partial charge in [0.2, 0.25) is 0 Å². The van der Waals surface area contributed by atoms with Crippen LogP contribution in [0, 0.1) is 6.92 Å². The number of nitrogens with zero attached hydrogens (tertiary/aromatic N) is 6. The average molecular weight is 432 g/mol. The van der Waals surface area contributed by atoms with Crippen LogP contribution in [0.3, 0.4) is 0 Å². The van der Waals surface area contributed by atoms with Gasteiger partial charge in [0.25, 0.3) is 5.91 Å². The fourth-order valence-corrected chi connectivity index (χ4v) is 3.85. The Morgan fingerprint density at radius 2 is 2.21 bits per heavy atom. The molecule has 29 heavy (non-hydrogen) atoms. The summed E-state index contributed by atoms with van der Waals surface area (Å²) in [5.41, 5.74) is 1.26. The van der Waals surface area contributed by atoms with Crippen LogP contribution in [-0.2, 0) is 9.63 Å².